The molecule has 1 fully saturated rings. The van der Waals surface area contributed by atoms with Gasteiger partial charge in [-0.15, -0.1) is 10.2 Å². The van der Waals surface area contributed by atoms with Crippen LogP contribution in [0.4, 0.5) is 5.13 Å². The molecule has 0 bridgehead atoms. The standard InChI is InChI=1S/C10H15N3O2S2/c1-2-10(3-4-10)6-11-8-12-13-9(17-8)16-5-7(14)15/h2-6H2,1H3,(H,11,12)(H,14,15). The molecule has 94 valence electrons. The van der Waals surface area contributed by atoms with Gasteiger partial charge in [-0.2, -0.15) is 0 Å². The highest BCUT2D eigenvalue weighted by molar-refractivity contribution is 8.01. The molecule has 0 unspecified atom stereocenters. The minimum atomic E-state index is -0.831. The van der Waals surface area contributed by atoms with Gasteiger partial charge in [-0.1, -0.05) is 30.0 Å². The Bertz CT molecular complexity index is 404. The van der Waals surface area contributed by atoms with Gasteiger partial charge in [0, 0.05) is 6.54 Å². The number of carboxylic acids is 1. The molecular formula is C10H15N3O2S2. The summed E-state index contributed by atoms with van der Waals surface area (Å²) in [6.07, 6.45) is 3.77. The molecular weight excluding hydrogens is 258 g/mol. The van der Waals surface area contributed by atoms with Crippen LogP contribution in [0.25, 0.3) is 0 Å². The minimum Gasteiger partial charge on any atom is -0.481 e. The maximum Gasteiger partial charge on any atom is 0.313 e. The van der Waals surface area contributed by atoms with Crippen LogP contribution in [0.1, 0.15) is 26.2 Å². The van der Waals surface area contributed by atoms with E-state index in [4.69, 9.17) is 5.11 Å². The normalized spacial score (nSPS) is 16.8. The van der Waals surface area contributed by atoms with Crippen LogP contribution in [0.2, 0.25) is 0 Å². The van der Waals surface area contributed by atoms with E-state index in [0.29, 0.717) is 9.75 Å². The van der Waals surface area contributed by atoms with Crippen LogP contribution < -0.4 is 5.32 Å². The molecule has 5 nitrogen and oxygen atoms in total. The molecule has 0 radical (unpaired) electrons. The summed E-state index contributed by atoms with van der Waals surface area (Å²) in [6.45, 7) is 3.16. The summed E-state index contributed by atoms with van der Waals surface area (Å²) < 4.78 is 0.705. The Balaban J connectivity index is 1.79. The Kier molecular flexibility index (Phi) is 3.88. The van der Waals surface area contributed by atoms with Crippen molar-refractivity contribution in [2.45, 2.75) is 30.5 Å². The van der Waals surface area contributed by atoms with Crippen molar-refractivity contribution in [1.82, 2.24) is 10.2 Å². The van der Waals surface area contributed by atoms with Crippen molar-refractivity contribution in [2.75, 3.05) is 17.6 Å². The van der Waals surface area contributed by atoms with E-state index in [-0.39, 0.29) is 5.75 Å². The van der Waals surface area contributed by atoms with Crippen molar-refractivity contribution in [1.29, 1.82) is 0 Å². The van der Waals surface area contributed by atoms with E-state index in [1.165, 1.54) is 42.4 Å². The number of nitrogens with zero attached hydrogens (tertiary/aromatic N) is 2. The van der Waals surface area contributed by atoms with Crippen LogP contribution in [0.15, 0.2) is 4.34 Å². The number of aromatic nitrogens is 2. The SMILES string of the molecule is CCC1(CNc2nnc(SCC(=O)O)s2)CC1. The lowest BCUT2D eigenvalue weighted by Gasteiger charge is -2.11. The quantitative estimate of drug-likeness (QED) is 0.743. The molecule has 0 atom stereocenters. The van der Waals surface area contributed by atoms with Gasteiger partial charge >= 0.3 is 5.97 Å². The van der Waals surface area contributed by atoms with E-state index in [2.05, 4.69) is 22.4 Å². The number of anilines is 1. The van der Waals surface area contributed by atoms with Gasteiger partial charge in [-0.3, -0.25) is 4.79 Å². The van der Waals surface area contributed by atoms with Crippen molar-refractivity contribution in [3.05, 3.63) is 0 Å². The van der Waals surface area contributed by atoms with Gasteiger partial charge in [0.05, 0.1) is 5.75 Å². The summed E-state index contributed by atoms with van der Waals surface area (Å²) in [5, 5.41) is 20.6. The molecule has 1 heterocycles. The van der Waals surface area contributed by atoms with Crippen LogP contribution in [-0.4, -0.2) is 33.6 Å². The molecule has 17 heavy (non-hydrogen) atoms. The molecule has 1 aliphatic carbocycles. The second-order valence-corrected chi connectivity index (χ2v) is 6.46. The molecule has 2 N–H and O–H groups in total. The second kappa shape index (κ2) is 5.22. The van der Waals surface area contributed by atoms with Gasteiger partial charge in [-0.05, 0) is 24.7 Å². The fourth-order valence-electron chi connectivity index (χ4n) is 1.56. The van der Waals surface area contributed by atoms with E-state index in [9.17, 15) is 4.79 Å². The van der Waals surface area contributed by atoms with Crippen LogP contribution in [0, 0.1) is 5.41 Å². The van der Waals surface area contributed by atoms with Crippen molar-refractivity contribution < 1.29 is 9.90 Å². The monoisotopic (exact) mass is 273 g/mol. The van der Waals surface area contributed by atoms with Crippen LogP contribution in [0.5, 0.6) is 0 Å². The van der Waals surface area contributed by atoms with Crippen molar-refractivity contribution >= 4 is 34.2 Å². The number of aliphatic carboxylic acids is 1. The third-order valence-corrected chi connectivity index (χ3v) is 5.05. The van der Waals surface area contributed by atoms with Crippen LogP contribution >= 0.6 is 23.1 Å². The maximum absolute atomic E-state index is 10.4. The van der Waals surface area contributed by atoms with Crippen molar-refractivity contribution in [3.63, 3.8) is 0 Å². The van der Waals surface area contributed by atoms with Gasteiger partial charge in [0.2, 0.25) is 5.13 Å². The Morgan fingerprint density at radius 3 is 2.94 bits per heavy atom. The minimum absolute atomic E-state index is 0.0352. The Morgan fingerprint density at radius 1 is 1.59 bits per heavy atom. The molecule has 1 aliphatic rings. The smallest absolute Gasteiger partial charge is 0.313 e. The summed E-state index contributed by atoms with van der Waals surface area (Å²) in [7, 11) is 0. The number of hydrogen-bond acceptors (Lipinski definition) is 6. The summed E-state index contributed by atoms with van der Waals surface area (Å²) in [5.74, 6) is -0.796. The molecule has 1 aromatic heterocycles. The molecule has 1 saturated carbocycles. The molecule has 2 rings (SSSR count). The number of carboxylic acid groups (broad SMARTS) is 1. The first kappa shape index (κ1) is 12.6. The number of nitrogens with one attached hydrogen (secondary N) is 1. The zero-order chi connectivity index (χ0) is 12.3. The number of carbonyl (C=O) groups is 1. The van der Waals surface area contributed by atoms with Gasteiger partial charge in [-0.25, -0.2) is 0 Å². The molecule has 0 aliphatic heterocycles. The lowest BCUT2D eigenvalue weighted by Crippen LogP contribution is -2.14. The Labute approximate surface area is 108 Å². The highest BCUT2D eigenvalue weighted by Crippen LogP contribution is 2.48. The van der Waals surface area contributed by atoms with E-state index in [1.54, 1.807) is 0 Å². The highest BCUT2D eigenvalue weighted by Gasteiger charge is 2.40. The Hall–Kier alpha value is -0.820. The van der Waals surface area contributed by atoms with E-state index >= 15 is 0 Å². The maximum atomic E-state index is 10.4. The van der Waals surface area contributed by atoms with Crippen molar-refractivity contribution in [3.8, 4) is 0 Å². The molecule has 0 aromatic carbocycles. The van der Waals surface area contributed by atoms with Gasteiger partial charge in [0.25, 0.3) is 0 Å². The first-order chi connectivity index (χ1) is 8.13. The predicted octanol–water partition coefficient (Wildman–Crippen LogP) is 2.32. The molecule has 7 heteroatoms. The summed E-state index contributed by atoms with van der Waals surface area (Å²) >= 11 is 2.63. The Morgan fingerprint density at radius 2 is 2.35 bits per heavy atom. The average molecular weight is 273 g/mol. The summed E-state index contributed by atoms with van der Waals surface area (Å²) in [5.41, 5.74) is 0.472. The lowest BCUT2D eigenvalue weighted by atomic mass is 10.0. The highest BCUT2D eigenvalue weighted by atomic mass is 32.2. The van der Waals surface area contributed by atoms with E-state index in [0.717, 1.165) is 11.7 Å². The molecule has 0 amide bonds. The third kappa shape index (κ3) is 3.57. The van der Waals surface area contributed by atoms with Crippen LogP contribution in [-0.2, 0) is 4.79 Å². The zero-order valence-corrected chi connectivity index (χ0v) is 11.2. The number of thioether (sulfide) groups is 1. The average Bonchev–Trinajstić information content (AvgIpc) is 2.96. The van der Waals surface area contributed by atoms with Gasteiger partial charge in [0.15, 0.2) is 4.34 Å². The van der Waals surface area contributed by atoms with Gasteiger partial charge in [0.1, 0.15) is 0 Å². The third-order valence-electron chi connectivity index (χ3n) is 3.05. The summed E-state index contributed by atoms with van der Waals surface area (Å²) in [6, 6.07) is 0. The fraction of sp³-hybridized carbons (Fsp3) is 0.700. The predicted molar refractivity (Wildman–Crippen MR) is 68.7 cm³/mol. The first-order valence-electron chi connectivity index (χ1n) is 5.55. The van der Waals surface area contributed by atoms with Crippen molar-refractivity contribution in [2.24, 2.45) is 5.41 Å². The first-order valence-corrected chi connectivity index (χ1v) is 7.36. The lowest BCUT2D eigenvalue weighted by molar-refractivity contribution is -0.133. The summed E-state index contributed by atoms with van der Waals surface area (Å²) in [4.78, 5) is 10.4. The topological polar surface area (TPSA) is 75.1 Å². The van der Waals surface area contributed by atoms with Crippen LogP contribution in [0.3, 0.4) is 0 Å². The molecule has 1 aromatic rings. The van der Waals surface area contributed by atoms with E-state index < -0.39 is 5.97 Å². The number of rotatable bonds is 7. The van der Waals surface area contributed by atoms with Gasteiger partial charge < -0.3 is 10.4 Å². The molecule has 0 saturated heterocycles. The zero-order valence-electron chi connectivity index (χ0n) is 9.60. The van der Waals surface area contributed by atoms with E-state index in [1.807, 2.05) is 0 Å². The second-order valence-electron chi connectivity index (χ2n) is 4.26. The largest absolute Gasteiger partial charge is 0.481 e. The number of hydrogen-bond donors (Lipinski definition) is 2. The fourth-order valence-corrected chi connectivity index (χ4v) is 3.03. The molecule has 0 spiro atoms.